The van der Waals surface area contributed by atoms with E-state index >= 15 is 0 Å². The standard InChI is InChI=1S/C21H36N4O4.HI/c1-6-22-21(23-8-7-13-26-2)25-11-9-24(10-12-25)16-17-14-18(27-3)20(29-5)19(15-17)28-4;/h14-15H,6-13,16H2,1-5H3,(H,22,23);1H. The molecule has 0 atom stereocenters. The van der Waals surface area contributed by atoms with Gasteiger partial charge in [0.2, 0.25) is 5.75 Å². The first-order valence-electron chi connectivity index (χ1n) is 10.2. The van der Waals surface area contributed by atoms with Gasteiger partial charge < -0.3 is 29.2 Å². The Labute approximate surface area is 197 Å². The van der Waals surface area contributed by atoms with Crippen molar-refractivity contribution < 1.29 is 18.9 Å². The molecule has 2 rings (SSSR count). The molecule has 0 radical (unpaired) electrons. The van der Waals surface area contributed by atoms with Gasteiger partial charge in [-0.05, 0) is 31.0 Å². The van der Waals surface area contributed by atoms with E-state index < -0.39 is 0 Å². The first-order chi connectivity index (χ1) is 14.2. The summed E-state index contributed by atoms with van der Waals surface area (Å²) in [6.45, 7) is 9.17. The summed E-state index contributed by atoms with van der Waals surface area (Å²) in [4.78, 5) is 9.51. The Morgan fingerprint density at radius 2 is 1.63 bits per heavy atom. The molecule has 0 spiro atoms. The van der Waals surface area contributed by atoms with E-state index in [0.717, 1.165) is 70.4 Å². The monoisotopic (exact) mass is 536 g/mol. The van der Waals surface area contributed by atoms with Gasteiger partial charge in [-0.25, -0.2) is 0 Å². The molecular weight excluding hydrogens is 499 g/mol. The molecule has 0 saturated carbocycles. The maximum Gasteiger partial charge on any atom is 0.203 e. The highest BCUT2D eigenvalue weighted by Crippen LogP contribution is 2.38. The Balaban J connectivity index is 0.00000450. The van der Waals surface area contributed by atoms with Crippen LogP contribution in [0.3, 0.4) is 0 Å². The lowest BCUT2D eigenvalue weighted by Crippen LogP contribution is -2.52. The van der Waals surface area contributed by atoms with Crippen LogP contribution in [-0.4, -0.2) is 90.1 Å². The van der Waals surface area contributed by atoms with Crippen molar-refractivity contribution >= 4 is 29.9 Å². The lowest BCUT2D eigenvalue weighted by molar-refractivity contribution is 0.171. The molecular formula is C21H37IN4O4. The quantitative estimate of drug-likeness (QED) is 0.213. The van der Waals surface area contributed by atoms with Gasteiger partial charge in [0.05, 0.1) is 21.3 Å². The summed E-state index contributed by atoms with van der Waals surface area (Å²) in [5.41, 5.74) is 1.15. The average molecular weight is 536 g/mol. The van der Waals surface area contributed by atoms with Crippen LogP contribution in [0, 0.1) is 0 Å². The third-order valence-electron chi connectivity index (χ3n) is 4.91. The van der Waals surface area contributed by atoms with Crippen molar-refractivity contribution in [3.8, 4) is 17.2 Å². The largest absolute Gasteiger partial charge is 0.493 e. The minimum atomic E-state index is 0. The summed E-state index contributed by atoms with van der Waals surface area (Å²) in [5.74, 6) is 3.01. The van der Waals surface area contributed by atoms with E-state index in [1.807, 2.05) is 12.1 Å². The maximum absolute atomic E-state index is 5.47. The van der Waals surface area contributed by atoms with Gasteiger partial charge in [-0.1, -0.05) is 0 Å². The van der Waals surface area contributed by atoms with Gasteiger partial charge in [0.1, 0.15) is 0 Å². The second kappa shape index (κ2) is 14.5. The van der Waals surface area contributed by atoms with Crippen LogP contribution in [0.25, 0.3) is 0 Å². The lowest BCUT2D eigenvalue weighted by Gasteiger charge is -2.36. The molecule has 0 aromatic heterocycles. The number of aliphatic imine (C=N–C) groups is 1. The fourth-order valence-corrected chi connectivity index (χ4v) is 3.42. The minimum Gasteiger partial charge on any atom is -0.493 e. The molecule has 0 bridgehead atoms. The number of nitrogens with zero attached hydrogens (tertiary/aromatic N) is 3. The van der Waals surface area contributed by atoms with Gasteiger partial charge in [-0.2, -0.15) is 0 Å². The van der Waals surface area contributed by atoms with Gasteiger partial charge in [-0.15, -0.1) is 24.0 Å². The Bertz CT molecular complexity index is 627. The number of methoxy groups -OCH3 is 4. The number of hydrogen-bond donors (Lipinski definition) is 1. The molecule has 0 aliphatic carbocycles. The van der Waals surface area contributed by atoms with Crippen molar-refractivity contribution in [1.29, 1.82) is 0 Å². The molecule has 1 saturated heterocycles. The number of piperazine rings is 1. The van der Waals surface area contributed by atoms with E-state index in [0.29, 0.717) is 17.2 Å². The summed E-state index contributed by atoms with van der Waals surface area (Å²) in [5, 5.41) is 3.41. The SMILES string of the molecule is CCNC(=NCCCOC)N1CCN(Cc2cc(OC)c(OC)c(OC)c2)CC1.I. The molecule has 1 aromatic carbocycles. The highest BCUT2D eigenvalue weighted by Gasteiger charge is 2.21. The van der Waals surface area contributed by atoms with Crippen LogP contribution in [-0.2, 0) is 11.3 Å². The lowest BCUT2D eigenvalue weighted by atomic mass is 10.1. The van der Waals surface area contributed by atoms with Crippen molar-refractivity contribution in [3.63, 3.8) is 0 Å². The van der Waals surface area contributed by atoms with Crippen LogP contribution in [0.2, 0.25) is 0 Å². The maximum atomic E-state index is 5.47. The number of benzene rings is 1. The molecule has 1 aliphatic rings. The Morgan fingerprint density at radius 3 is 2.13 bits per heavy atom. The van der Waals surface area contributed by atoms with Crippen LogP contribution in [0.15, 0.2) is 17.1 Å². The van der Waals surface area contributed by atoms with E-state index in [1.165, 1.54) is 0 Å². The highest BCUT2D eigenvalue weighted by atomic mass is 127. The first kappa shape index (κ1) is 26.6. The van der Waals surface area contributed by atoms with Crippen molar-refractivity contribution in [2.45, 2.75) is 19.9 Å². The van der Waals surface area contributed by atoms with Crippen LogP contribution < -0.4 is 19.5 Å². The van der Waals surface area contributed by atoms with E-state index in [1.54, 1.807) is 28.4 Å². The molecule has 9 heteroatoms. The number of ether oxygens (including phenoxy) is 4. The van der Waals surface area contributed by atoms with E-state index in [2.05, 4.69) is 22.0 Å². The number of hydrogen-bond acceptors (Lipinski definition) is 6. The molecule has 1 aliphatic heterocycles. The van der Waals surface area contributed by atoms with Crippen LogP contribution in [0.1, 0.15) is 18.9 Å². The van der Waals surface area contributed by atoms with Crippen molar-refractivity contribution in [1.82, 2.24) is 15.1 Å². The van der Waals surface area contributed by atoms with Crippen molar-refractivity contribution in [2.75, 3.05) is 74.3 Å². The first-order valence-corrected chi connectivity index (χ1v) is 10.2. The number of halogens is 1. The Hall–Kier alpha value is -1.46. The number of rotatable bonds is 10. The predicted octanol–water partition coefficient (Wildman–Crippen LogP) is 2.45. The Kier molecular flexibility index (Phi) is 12.9. The zero-order valence-electron chi connectivity index (χ0n) is 18.9. The second-order valence-electron chi connectivity index (χ2n) is 6.88. The summed E-state index contributed by atoms with van der Waals surface area (Å²) in [7, 11) is 6.64. The van der Waals surface area contributed by atoms with Gasteiger partial charge >= 0.3 is 0 Å². The molecule has 172 valence electrons. The molecule has 1 aromatic rings. The van der Waals surface area contributed by atoms with Crippen LogP contribution in [0.4, 0.5) is 0 Å². The van der Waals surface area contributed by atoms with Gasteiger partial charge in [0.15, 0.2) is 17.5 Å². The van der Waals surface area contributed by atoms with Gasteiger partial charge in [0, 0.05) is 59.5 Å². The van der Waals surface area contributed by atoms with E-state index in [-0.39, 0.29) is 24.0 Å². The summed E-state index contributed by atoms with van der Waals surface area (Å²) in [6.07, 6.45) is 0.937. The molecule has 1 heterocycles. The predicted molar refractivity (Wildman–Crippen MR) is 131 cm³/mol. The molecule has 0 amide bonds. The molecule has 1 fully saturated rings. The average Bonchev–Trinajstić information content (AvgIpc) is 2.75. The molecule has 8 nitrogen and oxygen atoms in total. The number of nitrogens with one attached hydrogen (secondary N) is 1. The fourth-order valence-electron chi connectivity index (χ4n) is 3.42. The van der Waals surface area contributed by atoms with E-state index in [9.17, 15) is 0 Å². The third kappa shape index (κ3) is 7.66. The normalized spacial score (nSPS) is 14.8. The number of guanidine groups is 1. The Morgan fingerprint density at radius 1 is 1.00 bits per heavy atom. The summed E-state index contributed by atoms with van der Waals surface area (Å²) < 4.78 is 21.5. The zero-order valence-corrected chi connectivity index (χ0v) is 21.2. The summed E-state index contributed by atoms with van der Waals surface area (Å²) in [6, 6.07) is 4.05. The van der Waals surface area contributed by atoms with E-state index in [4.69, 9.17) is 23.9 Å². The molecule has 30 heavy (non-hydrogen) atoms. The fraction of sp³-hybridized carbons (Fsp3) is 0.667. The second-order valence-corrected chi connectivity index (χ2v) is 6.88. The van der Waals surface area contributed by atoms with Gasteiger partial charge in [0.25, 0.3) is 0 Å². The molecule has 0 unspecified atom stereocenters. The van der Waals surface area contributed by atoms with Gasteiger partial charge in [-0.3, -0.25) is 9.89 Å². The summed E-state index contributed by atoms with van der Waals surface area (Å²) >= 11 is 0. The zero-order chi connectivity index (χ0) is 21.1. The van der Waals surface area contributed by atoms with Crippen LogP contribution in [0.5, 0.6) is 17.2 Å². The van der Waals surface area contributed by atoms with Crippen LogP contribution >= 0.6 is 24.0 Å². The van der Waals surface area contributed by atoms with Crippen molar-refractivity contribution in [2.24, 2.45) is 4.99 Å². The van der Waals surface area contributed by atoms with Crippen molar-refractivity contribution in [3.05, 3.63) is 17.7 Å². The topological polar surface area (TPSA) is 67.8 Å². The molecule has 1 N–H and O–H groups in total. The third-order valence-corrected chi connectivity index (χ3v) is 4.91. The minimum absolute atomic E-state index is 0. The smallest absolute Gasteiger partial charge is 0.203 e. The highest BCUT2D eigenvalue weighted by molar-refractivity contribution is 14.0.